The molecule has 0 bridgehead atoms. The Morgan fingerprint density at radius 1 is 1.24 bits per heavy atom. The van der Waals surface area contributed by atoms with Crippen LogP contribution in [0.25, 0.3) is 0 Å². The molecule has 0 aromatic carbocycles. The Balaban J connectivity index is 1.89. The second kappa shape index (κ2) is 5.21. The summed E-state index contributed by atoms with van der Waals surface area (Å²) in [6.45, 7) is 10.5. The van der Waals surface area contributed by atoms with Crippen LogP contribution in [-0.2, 0) is 11.2 Å². The van der Waals surface area contributed by atoms with E-state index in [2.05, 4.69) is 45.0 Å². The van der Waals surface area contributed by atoms with Crippen molar-refractivity contribution in [3.05, 3.63) is 10.6 Å². The van der Waals surface area contributed by atoms with Crippen molar-refractivity contribution in [2.24, 2.45) is 0 Å². The molecule has 1 aliphatic heterocycles. The third-order valence-corrected chi connectivity index (χ3v) is 5.53. The molecule has 1 aromatic rings. The van der Waals surface area contributed by atoms with E-state index in [1.165, 1.54) is 28.5 Å². The summed E-state index contributed by atoms with van der Waals surface area (Å²) in [6, 6.07) is 0.488. The lowest BCUT2D eigenvalue weighted by Gasteiger charge is -2.47. The minimum Gasteiger partial charge on any atom is -0.366 e. The lowest BCUT2D eigenvalue weighted by Crippen LogP contribution is -2.57. The normalized spacial score (nSPS) is 27.5. The average Bonchev–Trinajstić information content (AvgIpc) is 2.78. The van der Waals surface area contributed by atoms with Gasteiger partial charge in [0.1, 0.15) is 0 Å². The number of aryl methyl sites for hydroxylation is 1. The molecule has 3 rings (SSSR count). The highest BCUT2D eigenvalue weighted by molar-refractivity contribution is 7.15. The van der Waals surface area contributed by atoms with Gasteiger partial charge in [-0.1, -0.05) is 11.3 Å². The molecule has 1 atom stereocenters. The minimum absolute atomic E-state index is 0.129. The van der Waals surface area contributed by atoms with Crippen LogP contribution >= 0.6 is 11.3 Å². The number of fused-ring (bicyclic) bond motifs is 1. The van der Waals surface area contributed by atoms with Gasteiger partial charge < -0.3 is 15.0 Å². The van der Waals surface area contributed by atoms with Crippen LogP contribution in [0.3, 0.4) is 0 Å². The highest BCUT2D eigenvalue weighted by atomic mass is 32.1. The zero-order valence-electron chi connectivity index (χ0n) is 13.8. The Kier molecular flexibility index (Phi) is 3.79. The molecule has 0 saturated carbocycles. The van der Waals surface area contributed by atoms with Crippen LogP contribution < -0.4 is 10.2 Å². The summed E-state index contributed by atoms with van der Waals surface area (Å²) in [5, 5.41) is 4.61. The largest absolute Gasteiger partial charge is 0.366 e. The van der Waals surface area contributed by atoms with Crippen molar-refractivity contribution in [1.29, 1.82) is 0 Å². The first kappa shape index (κ1) is 15.3. The predicted molar refractivity (Wildman–Crippen MR) is 88.3 cm³/mol. The summed E-state index contributed by atoms with van der Waals surface area (Å²) in [5.41, 5.74) is 1.05. The average molecular weight is 309 g/mol. The number of nitrogens with zero attached hydrogens (tertiary/aromatic N) is 2. The Morgan fingerprint density at radius 3 is 2.52 bits per heavy atom. The number of hydrogen-bond acceptors (Lipinski definition) is 5. The molecule has 1 saturated heterocycles. The van der Waals surface area contributed by atoms with Crippen molar-refractivity contribution < 1.29 is 4.74 Å². The molecule has 0 spiro atoms. The monoisotopic (exact) mass is 309 g/mol. The number of thiazole rings is 1. The van der Waals surface area contributed by atoms with Gasteiger partial charge in [-0.25, -0.2) is 4.98 Å². The quantitative estimate of drug-likeness (QED) is 0.911. The van der Waals surface area contributed by atoms with Crippen LogP contribution in [-0.4, -0.2) is 36.3 Å². The van der Waals surface area contributed by atoms with Gasteiger partial charge in [-0.05, 0) is 54.0 Å². The molecule has 5 heteroatoms. The number of rotatable bonds is 2. The molecule has 4 nitrogen and oxygen atoms in total. The lowest BCUT2D eigenvalue weighted by atomic mass is 9.98. The molecule has 2 aliphatic rings. The van der Waals surface area contributed by atoms with Crippen LogP contribution in [0.15, 0.2) is 0 Å². The molecule has 0 radical (unpaired) electrons. The van der Waals surface area contributed by atoms with E-state index < -0.39 is 0 Å². The molecule has 1 aromatic heterocycles. The van der Waals surface area contributed by atoms with E-state index in [-0.39, 0.29) is 11.2 Å². The minimum atomic E-state index is -0.129. The van der Waals surface area contributed by atoms with Gasteiger partial charge in [0, 0.05) is 24.0 Å². The molecule has 1 N–H and O–H groups in total. The molecule has 1 fully saturated rings. The van der Waals surface area contributed by atoms with E-state index in [9.17, 15) is 0 Å². The second-order valence-electron chi connectivity index (χ2n) is 7.52. The molecule has 21 heavy (non-hydrogen) atoms. The second-order valence-corrected chi connectivity index (χ2v) is 8.53. The van der Waals surface area contributed by atoms with E-state index in [1.807, 2.05) is 11.3 Å². The van der Waals surface area contributed by atoms with Gasteiger partial charge in [0.25, 0.3) is 0 Å². The highest BCUT2D eigenvalue weighted by Gasteiger charge is 2.39. The maximum atomic E-state index is 6.18. The standard InChI is InChI=1S/C16H27N3OS/c1-15(2)9-19(10-16(3,4)20-15)14-18-12-8-6-7-11(17-5)13(12)21-14/h11,17H,6-10H2,1-5H3. The summed E-state index contributed by atoms with van der Waals surface area (Å²) in [6.07, 6.45) is 3.59. The van der Waals surface area contributed by atoms with Crippen molar-refractivity contribution in [3.8, 4) is 0 Å². The van der Waals surface area contributed by atoms with Gasteiger partial charge in [0.15, 0.2) is 5.13 Å². The summed E-state index contributed by atoms with van der Waals surface area (Å²) in [4.78, 5) is 8.81. The van der Waals surface area contributed by atoms with Crippen LogP contribution in [0.4, 0.5) is 5.13 Å². The van der Waals surface area contributed by atoms with Crippen molar-refractivity contribution in [2.75, 3.05) is 25.0 Å². The topological polar surface area (TPSA) is 37.4 Å². The van der Waals surface area contributed by atoms with Gasteiger partial charge in [-0.2, -0.15) is 0 Å². The Morgan fingerprint density at radius 2 is 1.90 bits per heavy atom. The summed E-state index contributed by atoms with van der Waals surface area (Å²) in [7, 11) is 2.06. The van der Waals surface area contributed by atoms with Crippen LogP contribution in [0, 0.1) is 0 Å². The third kappa shape index (κ3) is 3.10. The van der Waals surface area contributed by atoms with Gasteiger partial charge >= 0.3 is 0 Å². The van der Waals surface area contributed by atoms with E-state index in [0.717, 1.165) is 19.5 Å². The Hall–Kier alpha value is -0.650. The maximum Gasteiger partial charge on any atom is 0.186 e. The van der Waals surface area contributed by atoms with Crippen LogP contribution in [0.2, 0.25) is 0 Å². The SMILES string of the molecule is CNC1CCCc2nc(N3CC(C)(C)OC(C)(C)C3)sc21. The molecule has 1 aliphatic carbocycles. The maximum absolute atomic E-state index is 6.18. The lowest BCUT2D eigenvalue weighted by molar-refractivity contribution is -0.133. The summed E-state index contributed by atoms with van der Waals surface area (Å²) in [5.74, 6) is 0. The first-order valence-corrected chi connectivity index (χ1v) is 8.73. The first-order valence-electron chi connectivity index (χ1n) is 7.92. The molecule has 2 heterocycles. The number of hydrogen-bond donors (Lipinski definition) is 1. The molecular weight excluding hydrogens is 282 g/mol. The third-order valence-electron chi connectivity index (χ3n) is 4.25. The van der Waals surface area contributed by atoms with E-state index >= 15 is 0 Å². The van der Waals surface area contributed by atoms with Crippen molar-refractivity contribution in [2.45, 2.75) is 64.2 Å². The summed E-state index contributed by atoms with van der Waals surface area (Å²) >= 11 is 1.87. The van der Waals surface area contributed by atoms with Crippen molar-refractivity contribution >= 4 is 16.5 Å². The fourth-order valence-electron chi connectivity index (χ4n) is 3.74. The molecule has 118 valence electrons. The number of aromatic nitrogens is 1. The van der Waals surface area contributed by atoms with Gasteiger partial charge in [0.2, 0.25) is 0 Å². The van der Waals surface area contributed by atoms with Crippen molar-refractivity contribution in [3.63, 3.8) is 0 Å². The fraction of sp³-hybridized carbons (Fsp3) is 0.812. The molecule has 0 amide bonds. The number of nitrogens with one attached hydrogen (secondary N) is 1. The highest BCUT2D eigenvalue weighted by Crippen LogP contribution is 2.39. The van der Waals surface area contributed by atoms with Crippen molar-refractivity contribution in [1.82, 2.24) is 10.3 Å². The number of anilines is 1. The number of morpholine rings is 1. The van der Waals surface area contributed by atoms with Gasteiger partial charge in [-0.3, -0.25) is 0 Å². The fourth-order valence-corrected chi connectivity index (χ4v) is 4.99. The van der Waals surface area contributed by atoms with Crippen LogP contribution in [0.1, 0.15) is 57.1 Å². The first-order chi connectivity index (χ1) is 9.80. The van der Waals surface area contributed by atoms with E-state index in [0.29, 0.717) is 6.04 Å². The molecule has 1 unspecified atom stereocenters. The Bertz CT molecular complexity index is 508. The number of ether oxygens (including phenoxy) is 1. The smallest absolute Gasteiger partial charge is 0.186 e. The molecular formula is C16H27N3OS. The predicted octanol–water partition coefficient (Wildman–Crippen LogP) is 3.13. The summed E-state index contributed by atoms with van der Waals surface area (Å²) < 4.78 is 6.18. The van der Waals surface area contributed by atoms with Crippen LogP contribution in [0.5, 0.6) is 0 Å². The van der Waals surface area contributed by atoms with Gasteiger partial charge in [-0.15, -0.1) is 0 Å². The zero-order valence-corrected chi connectivity index (χ0v) is 14.6. The zero-order chi connectivity index (χ0) is 15.3. The van der Waals surface area contributed by atoms with E-state index in [1.54, 1.807) is 0 Å². The van der Waals surface area contributed by atoms with E-state index in [4.69, 9.17) is 9.72 Å². The Labute approximate surface area is 131 Å². The van der Waals surface area contributed by atoms with Gasteiger partial charge in [0.05, 0.1) is 16.9 Å².